The van der Waals surface area contributed by atoms with Crippen LogP contribution in [0, 0.1) is 0 Å². The van der Waals surface area contributed by atoms with Crippen LogP contribution in [0.1, 0.15) is 36.2 Å². The number of aryl methyl sites for hydroxylation is 1. The Balaban J connectivity index is 2.66. The Morgan fingerprint density at radius 2 is 1.84 bits per heavy atom. The molecule has 0 aliphatic rings. The van der Waals surface area contributed by atoms with Crippen molar-refractivity contribution in [1.82, 2.24) is 5.32 Å². The average molecular weight is 265 g/mol. The van der Waals surface area contributed by atoms with Crippen LogP contribution in [0.25, 0.3) is 0 Å². The van der Waals surface area contributed by atoms with Crippen LogP contribution in [-0.4, -0.2) is 34.2 Å². The summed E-state index contributed by atoms with van der Waals surface area (Å²) >= 11 is 0. The molecular weight excluding hydrogens is 246 g/mol. The second-order valence-electron chi connectivity index (χ2n) is 5.09. The maximum absolute atomic E-state index is 11.1. The number of nitrogens with one attached hydrogen (secondary N) is 1. The number of aromatic carboxylic acids is 1. The van der Waals surface area contributed by atoms with Crippen LogP contribution in [0.15, 0.2) is 24.3 Å². The van der Waals surface area contributed by atoms with Gasteiger partial charge in [0.1, 0.15) is 0 Å². The van der Waals surface area contributed by atoms with E-state index in [1.807, 2.05) is 13.8 Å². The number of carboxylic acid groups (broad SMARTS) is 2. The standard InChI is InChI=1S/C14H19NO4/c1-14(2,15-9-12(16)17)8-7-10-5-3-4-6-11(10)13(18)19/h3-6,15H,7-9H2,1-2H3,(H,16,17)(H,18,19). The molecule has 0 aromatic heterocycles. The van der Waals surface area contributed by atoms with E-state index < -0.39 is 11.9 Å². The number of rotatable bonds is 7. The molecule has 0 unspecified atom stereocenters. The minimum absolute atomic E-state index is 0.104. The van der Waals surface area contributed by atoms with Gasteiger partial charge >= 0.3 is 11.9 Å². The molecule has 0 bridgehead atoms. The number of hydrogen-bond acceptors (Lipinski definition) is 3. The maximum Gasteiger partial charge on any atom is 0.335 e. The van der Waals surface area contributed by atoms with E-state index in [2.05, 4.69) is 5.32 Å². The number of carboxylic acids is 2. The molecule has 5 nitrogen and oxygen atoms in total. The van der Waals surface area contributed by atoms with Gasteiger partial charge in [0.2, 0.25) is 0 Å². The zero-order chi connectivity index (χ0) is 14.5. The third kappa shape index (κ3) is 5.09. The smallest absolute Gasteiger partial charge is 0.335 e. The topological polar surface area (TPSA) is 86.6 Å². The predicted octanol–water partition coefficient (Wildman–Crippen LogP) is 1.77. The predicted molar refractivity (Wildman–Crippen MR) is 71.4 cm³/mol. The van der Waals surface area contributed by atoms with Gasteiger partial charge in [0.05, 0.1) is 12.1 Å². The average Bonchev–Trinajstić information content (AvgIpc) is 2.34. The molecule has 1 aromatic rings. The van der Waals surface area contributed by atoms with E-state index in [0.29, 0.717) is 18.4 Å². The normalized spacial score (nSPS) is 11.3. The van der Waals surface area contributed by atoms with E-state index in [-0.39, 0.29) is 12.1 Å². The Bertz CT molecular complexity index is 468. The fraction of sp³-hybridized carbons (Fsp3) is 0.429. The van der Waals surface area contributed by atoms with Gasteiger partial charge < -0.3 is 15.5 Å². The zero-order valence-corrected chi connectivity index (χ0v) is 11.1. The van der Waals surface area contributed by atoms with Crippen molar-refractivity contribution in [2.45, 2.75) is 32.2 Å². The first-order chi connectivity index (χ1) is 8.82. The molecule has 0 aliphatic carbocycles. The molecule has 3 N–H and O–H groups in total. The lowest BCUT2D eigenvalue weighted by Crippen LogP contribution is -2.42. The monoisotopic (exact) mass is 265 g/mol. The summed E-state index contributed by atoms with van der Waals surface area (Å²) < 4.78 is 0. The fourth-order valence-corrected chi connectivity index (χ4v) is 1.80. The summed E-state index contributed by atoms with van der Waals surface area (Å²) in [7, 11) is 0. The molecule has 0 heterocycles. The summed E-state index contributed by atoms with van der Waals surface area (Å²) in [6, 6.07) is 6.87. The van der Waals surface area contributed by atoms with Gasteiger partial charge in [-0.05, 0) is 38.3 Å². The van der Waals surface area contributed by atoms with Gasteiger partial charge in [0, 0.05) is 5.54 Å². The molecule has 0 radical (unpaired) electrons. The maximum atomic E-state index is 11.1. The first-order valence-electron chi connectivity index (χ1n) is 6.10. The van der Waals surface area contributed by atoms with Crippen molar-refractivity contribution in [2.75, 3.05) is 6.54 Å². The molecule has 0 saturated heterocycles. The molecule has 0 saturated carbocycles. The van der Waals surface area contributed by atoms with Gasteiger partial charge in [0.15, 0.2) is 0 Å². The van der Waals surface area contributed by atoms with Crippen LogP contribution in [-0.2, 0) is 11.2 Å². The van der Waals surface area contributed by atoms with Crippen molar-refractivity contribution < 1.29 is 19.8 Å². The second kappa shape index (κ2) is 6.33. The van der Waals surface area contributed by atoms with E-state index in [1.54, 1.807) is 24.3 Å². The molecular formula is C14H19NO4. The SMILES string of the molecule is CC(C)(CCc1ccccc1C(=O)O)NCC(=O)O. The summed E-state index contributed by atoms with van der Waals surface area (Å²) in [5.41, 5.74) is 0.709. The lowest BCUT2D eigenvalue weighted by Gasteiger charge is -2.25. The number of hydrogen-bond donors (Lipinski definition) is 3. The van der Waals surface area contributed by atoms with Gasteiger partial charge in [0.25, 0.3) is 0 Å². The van der Waals surface area contributed by atoms with Crippen LogP contribution in [0.2, 0.25) is 0 Å². The van der Waals surface area contributed by atoms with Gasteiger partial charge in [-0.25, -0.2) is 4.79 Å². The van der Waals surface area contributed by atoms with E-state index in [1.165, 1.54) is 0 Å². The first-order valence-corrected chi connectivity index (χ1v) is 6.10. The zero-order valence-electron chi connectivity index (χ0n) is 11.1. The molecule has 5 heteroatoms. The summed E-state index contributed by atoms with van der Waals surface area (Å²) in [5.74, 6) is -1.84. The third-order valence-electron chi connectivity index (χ3n) is 2.99. The van der Waals surface area contributed by atoms with Crippen molar-refractivity contribution in [2.24, 2.45) is 0 Å². The summed E-state index contributed by atoms with van der Waals surface area (Å²) in [4.78, 5) is 21.6. The first kappa shape index (κ1) is 15.2. The minimum atomic E-state index is -0.938. The van der Waals surface area contributed by atoms with Crippen LogP contribution in [0.5, 0.6) is 0 Å². The highest BCUT2D eigenvalue weighted by Crippen LogP contribution is 2.16. The molecule has 1 rings (SSSR count). The largest absolute Gasteiger partial charge is 0.480 e. The van der Waals surface area contributed by atoms with Crippen molar-refractivity contribution in [3.8, 4) is 0 Å². The van der Waals surface area contributed by atoms with E-state index in [4.69, 9.17) is 10.2 Å². The Labute approximate surface area is 112 Å². The summed E-state index contributed by atoms with van der Waals surface area (Å²) in [6.07, 6.45) is 1.24. The van der Waals surface area contributed by atoms with E-state index in [9.17, 15) is 9.59 Å². The van der Waals surface area contributed by atoms with Gasteiger partial charge in [-0.15, -0.1) is 0 Å². The second-order valence-corrected chi connectivity index (χ2v) is 5.09. The van der Waals surface area contributed by atoms with Crippen LogP contribution in [0.3, 0.4) is 0 Å². The quantitative estimate of drug-likeness (QED) is 0.699. The summed E-state index contributed by atoms with van der Waals surface area (Å²) in [6.45, 7) is 3.70. The van der Waals surface area contributed by atoms with Crippen molar-refractivity contribution in [3.63, 3.8) is 0 Å². The highest BCUT2D eigenvalue weighted by atomic mass is 16.4. The molecule has 0 fully saturated rings. The highest BCUT2D eigenvalue weighted by Gasteiger charge is 2.19. The fourth-order valence-electron chi connectivity index (χ4n) is 1.80. The lowest BCUT2D eigenvalue weighted by molar-refractivity contribution is -0.136. The van der Waals surface area contributed by atoms with Gasteiger partial charge in [-0.1, -0.05) is 18.2 Å². The van der Waals surface area contributed by atoms with Crippen molar-refractivity contribution in [1.29, 1.82) is 0 Å². The lowest BCUT2D eigenvalue weighted by atomic mass is 9.93. The third-order valence-corrected chi connectivity index (χ3v) is 2.99. The number of carbonyl (C=O) groups is 2. The molecule has 19 heavy (non-hydrogen) atoms. The van der Waals surface area contributed by atoms with Gasteiger partial charge in [-0.2, -0.15) is 0 Å². The van der Waals surface area contributed by atoms with Crippen LogP contribution in [0.4, 0.5) is 0 Å². The molecule has 0 aliphatic heterocycles. The Kier molecular flexibility index (Phi) is 5.06. The number of aliphatic carboxylic acids is 1. The molecule has 0 amide bonds. The minimum Gasteiger partial charge on any atom is -0.480 e. The van der Waals surface area contributed by atoms with E-state index in [0.717, 1.165) is 5.56 Å². The van der Waals surface area contributed by atoms with E-state index >= 15 is 0 Å². The van der Waals surface area contributed by atoms with Crippen molar-refractivity contribution in [3.05, 3.63) is 35.4 Å². The van der Waals surface area contributed by atoms with Gasteiger partial charge in [-0.3, -0.25) is 4.79 Å². The molecule has 0 atom stereocenters. The Morgan fingerprint density at radius 3 is 2.42 bits per heavy atom. The van der Waals surface area contributed by atoms with Crippen molar-refractivity contribution >= 4 is 11.9 Å². The van der Waals surface area contributed by atoms with Crippen LogP contribution >= 0.6 is 0 Å². The highest BCUT2D eigenvalue weighted by molar-refractivity contribution is 5.89. The summed E-state index contributed by atoms with van der Waals surface area (Å²) in [5, 5.41) is 20.6. The Morgan fingerprint density at radius 1 is 1.21 bits per heavy atom. The number of benzene rings is 1. The molecule has 0 spiro atoms. The Hall–Kier alpha value is -1.88. The van der Waals surface area contributed by atoms with Crippen LogP contribution < -0.4 is 5.32 Å². The molecule has 1 aromatic carbocycles. The molecule has 104 valence electrons.